The van der Waals surface area contributed by atoms with Gasteiger partial charge in [0.15, 0.2) is 5.82 Å². The third-order valence-corrected chi connectivity index (χ3v) is 2.49. The molecule has 2 aromatic carbocycles. The van der Waals surface area contributed by atoms with Crippen LogP contribution in [0.25, 0.3) is 0 Å². The lowest BCUT2D eigenvalue weighted by molar-refractivity contribution is 0.587. The van der Waals surface area contributed by atoms with Gasteiger partial charge in [-0.3, -0.25) is 0 Å². The first kappa shape index (κ1) is 12.3. The summed E-state index contributed by atoms with van der Waals surface area (Å²) in [7, 11) is 0. The molecule has 0 aromatic heterocycles. The van der Waals surface area contributed by atoms with E-state index in [1.807, 2.05) is 0 Å². The van der Waals surface area contributed by atoms with Crippen molar-refractivity contribution in [1.29, 1.82) is 0 Å². The molecule has 94 valence electrons. The Morgan fingerprint density at radius 1 is 0.944 bits per heavy atom. The van der Waals surface area contributed by atoms with Crippen LogP contribution in [-0.2, 0) is 6.54 Å². The summed E-state index contributed by atoms with van der Waals surface area (Å²) in [6.07, 6.45) is 0. The van der Waals surface area contributed by atoms with Crippen molar-refractivity contribution in [3.8, 4) is 0 Å². The van der Waals surface area contributed by atoms with Gasteiger partial charge in [-0.1, -0.05) is 12.1 Å². The molecule has 2 nitrogen and oxygen atoms in total. The first-order chi connectivity index (χ1) is 8.56. The summed E-state index contributed by atoms with van der Waals surface area (Å²) in [5.74, 6) is -1.85. The van der Waals surface area contributed by atoms with E-state index in [1.165, 1.54) is 12.1 Å². The van der Waals surface area contributed by atoms with Crippen LogP contribution in [0.15, 0.2) is 36.4 Å². The van der Waals surface area contributed by atoms with E-state index >= 15 is 0 Å². The second kappa shape index (κ2) is 5.00. The van der Waals surface area contributed by atoms with Gasteiger partial charge in [0.1, 0.15) is 11.6 Å². The summed E-state index contributed by atoms with van der Waals surface area (Å²) in [5, 5.41) is 2.80. The molecule has 0 bridgehead atoms. The van der Waals surface area contributed by atoms with Crippen molar-refractivity contribution < 1.29 is 13.2 Å². The second-order valence-electron chi connectivity index (χ2n) is 3.83. The molecule has 18 heavy (non-hydrogen) atoms. The maximum atomic E-state index is 13.2. The number of nitrogen functional groups attached to an aromatic ring is 1. The van der Waals surface area contributed by atoms with Crippen LogP contribution in [0.2, 0.25) is 0 Å². The number of hydrogen-bond donors (Lipinski definition) is 2. The highest BCUT2D eigenvalue weighted by molar-refractivity contribution is 5.66. The highest BCUT2D eigenvalue weighted by Gasteiger charge is 2.07. The van der Waals surface area contributed by atoms with Gasteiger partial charge in [-0.15, -0.1) is 0 Å². The van der Waals surface area contributed by atoms with Gasteiger partial charge in [-0.05, 0) is 23.8 Å². The van der Waals surface area contributed by atoms with E-state index < -0.39 is 11.6 Å². The van der Waals surface area contributed by atoms with Crippen molar-refractivity contribution in [1.82, 2.24) is 0 Å². The van der Waals surface area contributed by atoms with Gasteiger partial charge in [0, 0.05) is 12.6 Å². The summed E-state index contributed by atoms with van der Waals surface area (Å²) >= 11 is 0. The van der Waals surface area contributed by atoms with Crippen LogP contribution >= 0.6 is 0 Å². The first-order valence-electron chi connectivity index (χ1n) is 5.29. The molecule has 0 atom stereocenters. The molecule has 0 amide bonds. The van der Waals surface area contributed by atoms with E-state index in [0.717, 1.165) is 17.7 Å². The molecule has 0 radical (unpaired) electrons. The first-order valence-corrected chi connectivity index (χ1v) is 5.29. The van der Waals surface area contributed by atoms with E-state index in [4.69, 9.17) is 5.73 Å². The van der Waals surface area contributed by atoms with Crippen molar-refractivity contribution in [2.45, 2.75) is 6.54 Å². The highest BCUT2D eigenvalue weighted by atomic mass is 19.1. The zero-order valence-electron chi connectivity index (χ0n) is 9.38. The summed E-state index contributed by atoms with van der Waals surface area (Å²) in [5.41, 5.74) is 6.29. The Morgan fingerprint density at radius 2 is 1.61 bits per heavy atom. The fraction of sp³-hybridized carbons (Fsp3) is 0.0769. The Bertz CT molecular complexity index is 553. The third-order valence-electron chi connectivity index (χ3n) is 2.49. The number of nitrogens with one attached hydrogen (secondary N) is 1. The molecule has 0 heterocycles. The van der Waals surface area contributed by atoms with Crippen LogP contribution in [0.4, 0.5) is 24.5 Å². The maximum absolute atomic E-state index is 13.2. The second-order valence-corrected chi connectivity index (χ2v) is 3.83. The van der Waals surface area contributed by atoms with Crippen LogP contribution in [0, 0.1) is 17.5 Å². The minimum atomic E-state index is -0.809. The lowest BCUT2D eigenvalue weighted by atomic mass is 10.2. The standard InChI is InChI=1S/C13H11F3N2/c14-9-3-1-8(2-4-9)7-18-12-6-10(15)5-11(16)13(12)17/h1-6,18H,7,17H2. The normalized spacial score (nSPS) is 10.4. The summed E-state index contributed by atoms with van der Waals surface area (Å²) in [6.45, 7) is 0.299. The van der Waals surface area contributed by atoms with E-state index in [-0.39, 0.29) is 17.2 Å². The lowest BCUT2D eigenvalue weighted by Gasteiger charge is -2.10. The SMILES string of the molecule is Nc1c(F)cc(F)cc1NCc1ccc(F)cc1. The summed E-state index contributed by atoms with van der Waals surface area (Å²) in [6, 6.07) is 7.61. The van der Waals surface area contributed by atoms with Crippen LogP contribution in [0.3, 0.4) is 0 Å². The van der Waals surface area contributed by atoms with Crippen molar-refractivity contribution in [3.63, 3.8) is 0 Å². The van der Waals surface area contributed by atoms with Gasteiger partial charge >= 0.3 is 0 Å². The average Bonchev–Trinajstić information content (AvgIpc) is 2.34. The largest absolute Gasteiger partial charge is 0.395 e. The van der Waals surface area contributed by atoms with E-state index in [1.54, 1.807) is 12.1 Å². The third kappa shape index (κ3) is 2.74. The van der Waals surface area contributed by atoms with Crippen molar-refractivity contribution >= 4 is 11.4 Å². The van der Waals surface area contributed by atoms with Crippen LogP contribution in [0.1, 0.15) is 5.56 Å². The lowest BCUT2D eigenvalue weighted by Crippen LogP contribution is -2.04. The molecule has 0 aliphatic rings. The summed E-state index contributed by atoms with van der Waals surface area (Å²) < 4.78 is 38.8. The van der Waals surface area contributed by atoms with Crippen molar-refractivity contribution in [2.75, 3.05) is 11.1 Å². The predicted molar refractivity (Wildman–Crippen MR) is 64.5 cm³/mol. The molecular formula is C13H11F3N2. The smallest absolute Gasteiger partial charge is 0.151 e. The zero-order chi connectivity index (χ0) is 13.1. The molecule has 2 rings (SSSR count). The molecule has 0 unspecified atom stereocenters. The molecule has 5 heteroatoms. The number of halogens is 3. The number of benzene rings is 2. The quantitative estimate of drug-likeness (QED) is 0.822. The predicted octanol–water partition coefficient (Wildman–Crippen LogP) is 3.30. The van der Waals surface area contributed by atoms with Gasteiger partial charge in [0.25, 0.3) is 0 Å². The zero-order valence-corrected chi connectivity index (χ0v) is 9.38. The Hall–Kier alpha value is -2.17. The molecule has 0 spiro atoms. The molecule has 2 aromatic rings. The monoisotopic (exact) mass is 252 g/mol. The Morgan fingerprint density at radius 3 is 2.28 bits per heavy atom. The van der Waals surface area contributed by atoms with Gasteiger partial charge in [-0.25, -0.2) is 13.2 Å². The molecule has 0 saturated carbocycles. The minimum Gasteiger partial charge on any atom is -0.395 e. The molecule has 0 aliphatic carbocycles. The molecular weight excluding hydrogens is 241 g/mol. The summed E-state index contributed by atoms with van der Waals surface area (Å²) in [4.78, 5) is 0. The Labute approximate surface area is 102 Å². The van der Waals surface area contributed by atoms with E-state index in [2.05, 4.69) is 5.32 Å². The Kier molecular flexibility index (Phi) is 3.41. The molecule has 0 aliphatic heterocycles. The highest BCUT2D eigenvalue weighted by Crippen LogP contribution is 2.23. The van der Waals surface area contributed by atoms with Gasteiger partial charge in [0.2, 0.25) is 0 Å². The fourth-order valence-corrected chi connectivity index (χ4v) is 1.53. The van der Waals surface area contributed by atoms with Gasteiger partial charge < -0.3 is 11.1 Å². The average molecular weight is 252 g/mol. The number of anilines is 2. The number of rotatable bonds is 3. The van der Waals surface area contributed by atoms with Crippen LogP contribution < -0.4 is 11.1 Å². The molecule has 0 saturated heterocycles. The molecule has 0 fully saturated rings. The van der Waals surface area contributed by atoms with Crippen molar-refractivity contribution in [2.24, 2.45) is 0 Å². The topological polar surface area (TPSA) is 38.0 Å². The van der Waals surface area contributed by atoms with Crippen molar-refractivity contribution in [3.05, 3.63) is 59.4 Å². The minimum absolute atomic E-state index is 0.140. The Balaban J connectivity index is 2.13. The maximum Gasteiger partial charge on any atom is 0.151 e. The van der Waals surface area contributed by atoms with Crippen LogP contribution in [-0.4, -0.2) is 0 Å². The van der Waals surface area contributed by atoms with E-state index in [9.17, 15) is 13.2 Å². The van der Waals surface area contributed by atoms with Gasteiger partial charge in [0.05, 0.1) is 11.4 Å². The van der Waals surface area contributed by atoms with Gasteiger partial charge in [-0.2, -0.15) is 0 Å². The van der Waals surface area contributed by atoms with Crippen LogP contribution in [0.5, 0.6) is 0 Å². The van der Waals surface area contributed by atoms with E-state index in [0.29, 0.717) is 6.54 Å². The molecule has 3 N–H and O–H groups in total. The number of hydrogen-bond acceptors (Lipinski definition) is 2. The fourth-order valence-electron chi connectivity index (χ4n) is 1.53. The number of nitrogens with two attached hydrogens (primary N) is 1.